The summed E-state index contributed by atoms with van der Waals surface area (Å²) >= 11 is 0. The molecule has 0 radical (unpaired) electrons. The standard InChI is InChI=1S/C18H21N3O2/c1-14-6-8-16(9-7-14)12-21(15(2)22)13-18(23)20-11-17-5-3-4-10-19-17/h3-10H,11-13H2,1-2H3,(H,20,23). The number of pyridine rings is 1. The molecule has 2 aromatic rings. The first-order valence-corrected chi connectivity index (χ1v) is 7.52. The lowest BCUT2D eigenvalue weighted by atomic mass is 10.1. The number of hydrogen-bond acceptors (Lipinski definition) is 3. The maximum Gasteiger partial charge on any atom is 0.239 e. The molecule has 5 heteroatoms. The van der Waals surface area contributed by atoms with Crippen LogP contribution in [-0.2, 0) is 22.7 Å². The largest absolute Gasteiger partial charge is 0.349 e. The molecule has 0 unspecified atom stereocenters. The zero-order valence-corrected chi connectivity index (χ0v) is 13.5. The van der Waals surface area contributed by atoms with E-state index in [9.17, 15) is 9.59 Å². The molecule has 0 aliphatic heterocycles. The van der Waals surface area contributed by atoms with Crippen molar-refractivity contribution in [3.05, 3.63) is 65.5 Å². The normalized spacial score (nSPS) is 10.2. The predicted octanol–water partition coefficient (Wildman–Crippen LogP) is 2.05. The van der Waals surface area contributed by atoms with E-state index in [-0.39, 0.29) is 18.4 Å². The highest BCUT2D eigenvalue weighted by Crippen LogP contribution is 2.07. The second kappa shape index (κ2) is 8.08. The van der Waals surface area contributed by atoms with Crippen LogP contribution in [0.25, 0.3) is 0 Å². The minimum atomic E-state index is -0.196. The average Bonchev–Trinajstić information content (AvgIpc) is 2.55. The molecule has 0 bridgehead atoms. The zero-order chi connectivity index (χ0) is 16.7. The van der Waals surface area contributed by atoms with Gasteiger partial charge in [0.15, 0.2) is 0 Å². The fourth-order valence-corrected chi connectivity index (χ4v) is 2.11. The average molecular weight is 311 g/mol. The summed E-state index contributed by atoms with van der Waals surface area (Å²) in [4.78, 5) is 29.5. The summed E-state index contributed by atoms with van der Waals surface area (Å²) in [6.45, 7) is 4.30. The number of carbonyl (C=O) groups is 2. The summed E-state index contributed by atoms with van der Waals surface area (Å²) in [6.07, 6.45) is 1.68. The van der Waals surface area contributed by atoms with E-state index in [0.29, 0.717) is 13.1 Å². The summed E-state index contributed by atoms with van der Waals surface area (Å²) in [5.74, 6) is -0.323. The van der Waals surface area contributed by atoms with Gasteiger partial charge in [0, 0.05) is 19.7 Å². The van der Waals surface area contributed by atoms with E-state index in [2.05, 4.69) is 10.3 Å². The highest BCUT2D eigenvalue weighted by Gasteiger charge is 2.14. The number of aromatic nitrogens is 1. The molecule has 0 saturated carbocycles. The van der Waals surface area contributed by atoms with Gasteiger partial charge >= 0.3 is 0 Å². The van der Waals surface area contributed by atoms with Gasteiger partial charge in [-0.25, -0.2) is 0 Å². The van der Waals surface area contributed by atoms with Gasteiger partial charge < -0.3 is 10.2 Å². The summed E-state index contributed by atoms with van der Waals surface area (Å²) in [7, 11) is 0. The van der Waals surface area contributed by atoms with Crippen molar-refractivity contribution in [2.24, 2.45) is 0 Å². The van der Waals surface area contributed by atoms with Crippen molar-refractivity contribution in [1.29, 1.82) is 0 Å². The smallest absolute Gasteiger partial charge is 0.239 e. The van der Waals surface area contributed by atoms with Crippen LogP contribution in [0, 0.1) is 6.92 Å². The Morgan fingerprint density at radius 3 is 2.48 bits per heavy atom. The van der Waals surface area contributed by atoms with E-state index >= 15 is 0 Å². The lowest BCUT2D eigenvalue weighted by molar-refractivity contribution is -0.135. The number of nitrogens with one attached hydrogen (secondary N) is 1. The molecule has 2 amide bonds. The Morgan fingerprint density at radius 2 is 1.87 bits per heavy atom. The van der Waals surface area contributed by atoms with Gasteiger partial charge in [-0.15, -0.1) is 0 Å². The van der Waals surface area contributed by atoms with E-state index in [1.54, 1.807) is 6.20 Å². The topological polar surface area (TPSA) is 62.3 Å². The second-order valence-corrected chi connectivity index (χ2v) is 5.46. The molecule has 0 spiro atoms. The van der Waals surface area contributed by atoms with E-state index in [1.165, 1.54) is 11.8 Å². The van der Waals surface area contributed by atoms with E-state index < -0.39 is 0 Å². The number of hydrogen-bond donors (Lipinski definition) is 1. The van der Waals surface area contributed by atoms with Gasteiger partial charge in [0.1, 0.15) is 0 Å². The van der Waals surface area contributed by atoms with Crippen LogP contribution in [0.1, 0.15) is 23.7 Å². The van der Waals surface area contributed by atoms with Gasteiger partial charge in [0.05, 0.1) is 18.8 Å². The molecular weight excluding hydrogens is 290 g/mol. The molecule has 2 rings (SSSR count). The molecule has 0 aliphatic carbocycles. The number of benzene rings is 1. The Kier molecular flexibility index (Phi) is 5.86. The Labute approximate surface area is 136 Å². The molecule has 5 nitrogen and oxygen atoms in total. The van der Waals surface area contributed by atoms with E-state index in [0.717, 1.165) is 16.8 Å². The lowest BCUT2D eigenvalue weighted by Crippen LogP contribution is -2.39. The first-order chi connectivity index (χ1) is 11.0. The molecule has 1 N–H and O–H groups in total. The lowest BCUT2D eigenvalue weighted by Gasteiger charge is -2.20. The molecule has 0 saturated heterocycles. The number of amides is 2. The molecule has 23 heavy (non-hydrogen) atoms. The molecule has 0 fully saturated rings. The van der Waals surface area contributed by atoms with Crippen molar-refractivity contribution in [3.63, 3.8) is 0 Å². The number of carbonyl (C=O) groups excluding carboxylic acids is 2. The first-order valence-electron chi connectivity index (χ1n) is 7.52. The van der Waals surface area contributed by atoms with Gasteiger partial charge in [-0.05, 0) is 24.6 Å². The minimum absolute atomic E-state index is 0.0377. The van der Waals surface area contributed by atoms with Crippen LogP contribution in [-0.4, -0.2) is 28.2 Å². The maximum absolute atomic E-state index is 12.0. The third kappa shape index (κ3) is 5.54. The van der Waals surface area contributed by atoms with Crippen molar-refractivity contribution < 1.29 is 9.59 Å². The predicted molar refractivity (Wildman–Crippen MR) is 88.4 cm³/mol. The van der Waals surface area contributed by atoms with Gasteiger partial charge in [-0.2, -0.15) is 0 Å². The number of nitrogens with zero attached hydrogens (tertiary/aromatic N) is 2. The fraction of sp³-hybridized carbons (Fsp3) is 0.278. The summed E-state index contributed by atoms with van der Waals surface area (Å²) in [6, 6.07) is 13.5. The van der Waals surface area contributed by atoms with Crippen LogP contribution < -0.4 is 5.32 Å². The molecule has 1 aromatic carbocycles. The fourth-order valence-electron chi connectivity index (χ4n) is 2.11. The summed E-state index contributed by atoms with van der Waals surface area (Å²) in [5.41, 5.74) is 2.95. The minimum Gasteiger partial charge on any atom is -0.349 e. The van der Waals surface area contributed by atoms with Crippen LogP contribution in [0.5, 0.6) is 0 Å². The van der Waals surface area contributed by atoms with Crippen molar-refractivity contribution in [1.82, 2.24) is 15.2 Å². The second-order valence-electron chi connectivity index (χ2n) is 5.46. The number of aryl methyl sites for hydroxylation is 1. The van der Waals surface area contributed by atoms with Crippen molar-refractivity contribution in [2.45, 2.75) is 26.9 Å². The highest BCUT2D eigenvalue weighted by molar-refractivity contribution is 5.83. The Morgan fingerprint density at radius 1 is 1.13 bits per heavy atom. The Balaban J connectivity index is 1.89. The zero-order valence-electron chi connectivity index (χ0n) is 13.5. The van der Waals surface area contributed by atoms with Gasteiger partial charge in [0.2, 0.25) is 11.8 Å². The molecule has 1 heterocycles. The molecular formula is C18H21N3O2. The van der Waals surface area contributed by atoms with Gasteiger partial charge in [-0.1, -0.05) is 35.9 Å². The summed E-state index contributed by atoms with van der Waals surface area (Å²) < 4.78 is 0. The maximum atomic E-state index is 12.0. The Hall–Kier alpha value is -2.69. The highest BCUT2D eigenvalue weighted by atomic mass is 16.2. The van der Waals surface area contributed by atoms with Crippen LogP contribution >= 0.6 is 0 Å². The molecule has 120 valence electrons. The monoisotopic (exact) mass is 311 g/mol. The van der Waals surface area contributed by atoms with Crippen molar-refractivity contribution >= 4 is 11.8 Å². The molecule has 0 aliphatic rings. The quantitative estimate of drug-likeness (QED) is 0.888. The van der Waals surface area contributed by atoms with Crippen molar-refractivity contribution in [3.8, 4) is 0 Å². The third-order valence-corrected chi connectivity index (χ3v) is 3.47. The molecule has 0 atom stereocenters. The van der Waals surface area contributed by atoms with E-state index in [1.807, 2.05) is 49.4 Å². The van der Waals surface area contributed by atoms with Crippen LogP contribution in [0.2, 0.25) is 0 Å². The van der Waals surface area contributed by atoms with Gasteiger partial charge in [-0.3, -0.25) is 14.6 Å². The number of rotatable bonds is 6. The van der Waals surface area contributed by atoms with Gasteiger partial charge in [0.25, 0.3) is 0 Å². The van der Waals surface area contributed by atoms with E-state index in [4.69, 9.17) is 0 Å². The van der Waals surface area contributed by atoms with Crippen LogP contribution in [0.3, 0.4) is 0 Å². The van der Waals surface area contributed by atoms with Crippen LogP contribution in [0.15, 0.2) is 48.7 Å². The SMILES string of the molecule is CC(=O)N(CC(=O)NCc1ccccn1)Cc1ccc(C)cc1. The summed E-state index contributed by atoms with van der Waals surface area (Å²) in [5, 5.41) is 2.78. The van der Waals surface area contributed by atoms with Crippen LogP contribution in [0.4, 0.5) is 0 Å². The Bertz CT molecular complexity index is 654. The first kappa shape index (κ1) is 16.7. The molecule has 1 aromatic heterocycles. The third-order valence-electron chi connectivity index (χ3n) is 3.47. The van der Waals surface area contributed by atoms with Crippen molar-refractivity contribution in [2.75, 3.05) is 6.54 Å².